The number of nitrogens with zero attached hydrogens (tertiary/aromatic N) is 1. The number of thiophene rings is 1. The summed E-state index contributed by atoms with van der Waals surface area (Å²) in [5.41, 5.74) is 1.90. The van der Waals surface area contributed by atoms with Crippen LogP contribution in [0.3, 0.4) is 0 Å². The molecule has 0 unspecified atom stereocenters. The summed E-state index contributed by atoms with van der Waals surface area (Å²) in [7, 11) is 0. The molecule has 0 aliphatic carbocycles. The zero-order valence-electron chi connectivity index (χ0n) is 11.4. The molecule has 1 amide bonds. The maximum absolute atomic E-state index is 11.9. The van der Waals surface area contributed by atoms with Gasteiger partial charge in [0, 0.05) is 5.69 Å². The lowest BCUT2D eigenvalue weighted by atomic mass is 10.1. The molecule has 7 heteroatoms. The van der Waals surface area contributed by atoms with Crippen molar-refractivity contribution in [2.45, 2.75) is 18.2 Å². The summed E-state index contributed by atoms with van der Waals surface area (Å²) in [6.07, 6.45) is 0.902. The third-order valence-electron chi connectivity index (χ3n) is 2.75. The van der Waals surface area contributed by atoms with E-state index < -0.39 is 4.92 Å². The van der Waals surface area contributed by atoms with Crippen LogP contribution in [0.15, 0.2) is 40.6 Å². The van der Waals surface area contributed by atoms with E-state index in [1.165, 1.54) is 11.8 Å². The molecular formula is C14H14N2O3S2. The number of anilines is 1. The monoisotopic (exact) mass is 322 g/mol. The smallest absolute Gasteiger partial charge is 0.325 e. The zero-order valence-corrected chi connectivity index (χ0v) is 13.0. The van der Waals surface area contributed by atoms with Gasteiger partial charge in [-0.2, -0.15) is 0 Å². The molecule has 1 aromatic carbocycles. The molecule has 0 saturated heterocycles. The first-order valence-electron chi connectivity index (χ1n) is 6.33. The molecule has 5 nitrogen and oxygen atoms in total. The highest BCUT2D eigenvalue weighted by molar-refractivity contribution is 8.00. The highest BCUT2D eigenvalue weighted by Gasteiger charge is 2.16. The average molecular weight is 322 g/mol. The van der Waals surface area contributed by atoms with Crippen LogP contribution >= 0.6 is 23.1 Å². The first-order valence-corrected chi connectivity index (χ1v) is 8.20. The van der Waals surface area contributed by atoms with Crippen molar-refractivity contribution in [2.24, 2.45) is 0 Å². The molecule has 1 N–H and O–H groups in total. The predicted octanol–water partition coefficient (Wildman–Crippen LogP) is 3.95. The van der Waals surface area contributed by atoms with Crippen LogP contribution in [0.1, 0.15) is 12.5 Å². The summed E-state index contributed by atoms with van der Waals surface area (Å²) in [6.45, 7) is 2.05. The van der Waals surface area contributed by atoms with Gasteiger partial charge in [0.1, 0.15) is 0 Å². The molecule has 2 aromatic rings. The fraction of sp³-hybridized carbons (Fsp3) is 0.214. The first-order chi connectivity index (χ1) is 10.1. The molecule has 1 aromatic heterocycles. The second-order valence-electron chi connectivity index (χ2n) is 4.24. The Balaban J connectivity index is 1.92. The lowest BCUT2D eigenvalue weighted by Gasteiger charge is -2.06. The maximum Gasteiger partial charge on any atom is 0.337 e. The van der Waals surface area contributed by atoms with Crippen molar-refractivity contribution < 1.29 is 9.72 Å². The van der Waals surface area contributed by atoms with Gasteiger partial charge in [-0.3, -0.25) is 14.9 Å². The van der Waals surface area contributed by atoms with Gasteiger partial charge in [-0.25, -0.2) is 0 Å². The molecule has 0 spiro atoms. The summed E-state index contributed by atoms with van der Waals surface area (Å²) < 4.78 is 0. The maximum atomic E-state index is 11.9. The predicted molar refractivity (Wildman–Crippen MR) is 86.1 cm³/mol. The van der Waals surface area contributed by atoms with E-state index in [-0.39, 0.29) is 16.7 Å². The minimum atomic E-state index is -0.421. The third kappa shape index (κ3) is 4.30. The molecule has 0 radical (unpaired) electrons. The van der Waals surface area contributed by atoms with Crippen LogP contribution < -0.4 is 5.32 Å². The van der Waals surface area contributed by atoms with Gasteiger partial charge in [-0.05, 0) is 35.6 Å². The average Bonchev–Trinajstić information content (AvgIpc) is 2.94. The Bertz CT molecular complexity index is 655. The van der Waals surface area contributed by atoms with Crippen LogP contribution in [0.25, 0.3) is 0 Å². The van der Waals surface area contributed by atoms with Crippen LogP contribution in [0.4, 0.5) is 10.7 Å². The van der Waals surface area contributed by atoms with Crippen molar-refractivity contribution in [2.75, 3.05) is 11.1 Å². The number of aryl methyl sites for hydroxylation is 1. The van der Waals surface area contributed by atoms with E-state index in [0.717, 1.165) is 29.0 Å². The number of carbonyl (C=O) groups is 1. The standard InChI is InChI=1S/C14H14N2O3S2/c1-2-10-4-3-5-11(8-10)15-13(17)9-21-12-6-7-20-14(12)16(18)19/h3-8H,2,9H2,1H3,(H,15,17). The molecule has 0 aliphatic heterocycles. The minimum absolute atomic E-state index is 0.0841. The first kappa shape index (κ1) is 15.5. The third-order valence-corrected chi connectivity index (χ3v) is 4.79. The van der Waals surface area contributed by atoms with Crippen molar-refractivity contribution >= 4 is 39.7 Å². The van der Waals surface area contributed by atoms with Crippen LogP contribution in [0.5, 0.6) is 0 Å². The SMILES string of the molecule is CCc1cccc(NC(=O)CSc2ccsc2[N+](=O)[O-])c1. The Morgan fingerprint density at radius 2 is 2.24 bits per heavy atom. The number of nitro groups is 1. The second-order valence-corrected chi connectivity index (χ2v) is 6.15. The molecular weight excluding hydrogens is 308 g/mol. The number of thioether (sulfide) groups is 1. The van der Waals surface area contributed by atoms with Crippen molar-refractivity contribution in [1.82, 2.24) is 0 Å². The van der Waals surface area contributed by atoms with Crippen LogP contribution in [0, 0.1) is 10.1 Å². The van der Waals surface area contributed by atoms with Gasteiger partial charge in [0.05, 0.1) is 15.6 Å². The Labute approximate surface area is 130 Å². The van der Waals surface area contributed by atoms with Crippen LogP contribution in [0.2, 0.25) is 0 Å². The molecule has 21 heavy (non-hydrogen) atoms. The van der Waals surface area contributed by atoms with Crippen molar-refractivity contribution in [1.29, 1.82) is 0 Å². The fourth-order valence-corrected chi connectivity index (χ4v) is 3.47. The molecule has 1 heterocycles. The van der Waals surface area contributed by atoms with Crippen molar-refractivity contribution in [3.63, 3.8) is 0 Å². The summed E-state index contributed by atoms with van der Waals surface area (Å²) in [4.78, 5) is 22.8. The van der Waals surface area contributed by atoms with Gasteiger partial charge < -0.3 is 5.32 Å². The molecule has 0 atom stereocenters. The number of nitrogens with one attached hydrogen (secondary N) is 1. The molecule has 0 saturated carbocycles. The van der Waals surface area contributed by atoms with Gasteiger partial charge >= 0.3 is 5.00 Å². The van der Waals surface area contributed by atoms with Crippen LogP contribution in [-0.2, 0) is 11.2 Å². The van der Waals surface area contributed by atoms with E-state index in [9.17, 15) is 14.9 Å². The van der Waals surface area contributed by atoms with Crippen molar-refractivity contribution in [3.05, 3.63) is 51.4 Å². The van der Waals surface area contributed by atoms with E-state index in [1.807, 2.05) is 31.2 Å². The highest BCUT2D eigenvalue weighted by Crippen LogP contribution is 2.34. The lowest BCUT2D eigenvalue weighted by molar-refractivity contribution is -0.382. The normalized spacial score (nSPS) is 10.3. The van der Waals surface area contributed by atoms with E-state index >= 15 is 0 Å². The van der Waals surface area contributed by atoms with E-state index in [4.69, 9.17) is 0 Å². The Morgan fingerprint density at radius 3 is 2.95 bits per heavy atom. The number of hydrogen-bond acceptors (Lipinski definition) is 5. The summed E-state index contributed by atoms with van der Waals surface area (Å²) in [6, 6.07) is 9.31. The van der Waals surface area contributed by atoms with E-state index in [1.54, 1.807) is 11.4 Å². The fourth-order valence-electron chi connectivity index (χ4n) is 1.74. The lowest BCUT2D eigenvalue weighted by Crippen LogP contribution is -2.14. The Hall–Kier alpha value is -1.86. The number of rotatable bonds is 6. The Morgan fingerprint density at radius 1 is 1.43 bits per heavy atom. The van der Waals surface area contributed by atoms with Gasteiger partial charge in [-0.1, -0.05) is 30.4 Å². The highest BCUT2D eigenvalue weighted by atomic mass is 32.2. The number of amides is 1. The number of benzene rings is 1. The molecule has 0 bridgehead atoms. The molecule has 110 valence electrons. The summed E-state index contributed by atoms with van der Waals surface area (Å²) in [5, 5.41) is 15.3. The largest absolute Gasteiger partial charge is 0.337 e. The van der Waals surface area contributed by atoms with Gasteiger partial charge in [0.25, 0.3) is 0 Å². The topological polar surface area (TPSA) is 72.2 Å². The number of hydrogen-bond donors (Lipinski definition) is 1. The molecule has 2 rings (SSSR count). The van der Waals surface area contributed by atoms with Gasteiger partial charge in [0.2, 0.25) is 5.91 Å². The van der Waals surface area contributed by atoms with Gasteiger partial charge in [-0.15, -0.1) is 11.8 Å². The quantitative estimate of drug-likeness (QED) is 0.496. The van der Waals surface area contributed by atoms with Gasteiger partial charge in [0.15, 0.2) is 0 Å². The van der Waals surface area contributed by atoms with Crippen LogP contribution in [-0.4, -0.2) is 16.6 Å². The van der Waals surface area contributed by atoms with Crippen molar-refractivity contribution in [3.8, 4) is 0 Å². The molecule has 0 fully saturated rings. The molecule has 0 aliphatic rings. The minimum Gasteiger partial charge on any atom is -0.325 e. The zero-order chi connectivity index (χ0) is 15.2. The Kier molecular flexibility index (Phi) is 5.35. The number of carbonyl (C=O) groups excluding carboxylic acids is 1. The summed E-state index contributed by atoms with van der Waals surface area (Å²) >= 11 is 2.24. The van der Waals surface area contributed by atoms with E-state index in [2.05, 4.69) is 5.32 Å². The second kappa shape index (κ2) is 7.24. The van der Waals surface area contributed by atoms with E-state index in [0.29, 0.717) is 4.90 Å². The summed E-state index contributed by atoms with van der Waals surface area (Å²) in [5.74, 6) is -0.0257.